The molecule has 3 aromatic carbocycles. The molecule has 0 saturated carbocycles. The normalized spacial score (nSPS) is 14.8. The van der Waals surface area contributed by atoms with Crippen LogP contribution in [0.15, 0.2) is 70.1 Å². The fourth-order valence-electron chi connectivity index (χ4n) is 4.79. The first kappa shape index (κ1) is 23.9. The number of aromatic nitrogens is 1. The summed E-state index contributed by atoms with van der Waals surface area (Å²) in [6.45, 7) is 8.44. The topological polar surface area (TPSA) is 72.8 Å². The summed E-state index contributed by atoms with van der Waals surface area (Å²) in [4.78, 5) is 16.8. The maximum Gasteiger partial charge on any atom is 0.270 e. The number of benzene rings is 3. The first-order chi connectivity index (χ1) is 17.3. The quantitative estimate of drug-likeness (QED) is 0.222. The molecule has 182 valence electrons. The summed E-state index contributed by atoms with van der Waals surface area (Å²) in [7, 11) is 0. The fourth-order valence-corrected chi connectivity index (χ4v) is 5.63. The molecule has 6 nitrogen and oxygen atoms in total. The zero-order valence-electron chi connectivity index (χ0n) is 20.9. The highest BCUT2D eigenvalue weighted by Gasteiger charge is 2.20. The molecule has 0 unspecified atom stereocenters. The van der Waals surface area contributed by atoms with E-state index in [9.17, 15) is 10.1 Å². The Morgan fingerprint density at radius 3 is 2.58 bits per heavy atom. The van der Waals surface area contributed by atoms with Crippen LogP contribution in [0.25, 0.3) is 11.3 Å². The zero-order valence-corrected chi connectivity index (χ0v) is 21.7. The first-order valence-electron chi connectivity index (χ1n) is 12.1. The summed E-state index contributed by atoms with van der Waals surface area (Å²) in [6, 6.07) is 17.3. The largest absolute Gasteiger partial charge is 0.270 e. The van der Waals surface area contributed by atoms with E-state index in [0.717, 1.165) is 52.3 Å². The molecule has 1 heterocycles. The van der Waals surface area contributed by atoms with Crippen molar-refractivity contribution in [1.82, 2.24) is 4.68 Å². The van der Waals surface area contributed by atoms with Crippen molar-refractivity contribution >= 4 is 28.4 Å². The van der Waals surface area contributed by atoms with Crippen LogP contribution in [0.3, 0.4) is 0 Å². The summed E-state index contributed by atoms with van der Waals surface area (Å²) < 4.78 is 1.87. The number of hydrogen-bond acceptors (Lipinski definition) is 5. The Balaban J connectivity index is 1.76. The molecule has 0 aliphatic heterocycles. The van der Waals surface area contributed by atoms with Crippen LogP contribution in [0.1, 0.15) is 46.2 Å². The van der Waals surface area contributed by atoms with Crippen LogP contribution >= 0.6 is 11.3 Å². The number of nitro benzene ring substituents is 1. The Hall–Kier alpha value is -3.84. The number of fused-ring (bicyclic) bond motifs is 1. The van der Waals surface area contributed by atoms with Gasteiger partial charge in [0, 0.05) is 28.6 Å². The molecule has 1 aliphatic carbocycles. The van der Waals surface area contributed by atoms with E-state index in [0.29, 0.717) is 0 Å². The van der Waals surface area contributed by atoms with E-state index in [2.05, 4.69) is 45.9 Å². The highest BCUT2D eigenvalue weighted by molar-refractivity contribution is 7.07. The maximum absolute atomic E-state index is 11.5. The number of nitrogens with zero attached hydrogens (tertiary/aromatic N) is 4. The molecule has 0 bridgehead atoms. The van der Waals surface area contributed by atoms with E-state index in [-0.39, 0.29) is 10.6 Å². The van der Waals surface area contributed by atoms with Gasteiger partial charge in [0.05, 0.1) is 22.0 Å². The van der Waals surface area contributed by atoms with Gasteiger partial charge in [0.2, 0.25) is 4.80 Å². The van der Waals surface area contributed by atoms with Gasteiger partial charge in [-0.05, 0) is 81.3 Å². The highest BCUT2D eigenvalue weighted by Crippen LogP contribution is 2.29. The van der Waals surface area contributed by atoms with E-state index >= 15 is 0 Å². The van der Waals surface area contributed by atoms with Gasteiger partial charge in [0.25, 0.3) is 5.69 Å². The number of non-ortho nitro benzene ring substituents is 1. The first-order valence-corrected chi connectivity index (χ1v) is 12.9. The summed E-state index contributed by atoms with van der Waals surface area (Å²) in [6.07, 6.45) is 2.96. The molecular weight excluding hydrogens is 468 g/mol. The van der Waals surface area contributed by atoms with Gasteiger partial charge in [0.1, 0.15) is 0 Å². The number of nitro groups is 1. The second-order valence-electron chi connectivity index (χ2n) is 9.36. The smallest absolute Gasteiger partial charge is 0.258 e. The number of aryl methyl sites for hydroxylation is 3. The van der Waals surface area contributed by atoms with Gasteiger partial charge in [-0.2, -0.15) is 5.10 Å². The van der Waals surface area contributed by atoms with Gasteiger partial charge in [-0.1, -0.05) is 35.9 Å². The van der Waals surface area contributed by atoms with Crippen molar-refractivity contribution in [3.8, 4) is 11.3 Å². The second-order valence-corrected chi connectivity index (χ2v) is 10.2. The molecule has 0 spiro atoms. The summed E-state index contributed by atoms with van der Waals surface area (Å²) >= 11 is 1.49. The van der Waals surface area contributed by atoms with E-state index in [1.165, 1.54) is 45.2 Å². The number of thiazole rings is 1. The van der Waals surface area contributed by atoms with Crippen LogP contribution in [0.4, 0.5) is 11.4 Å². The minimum atomic E-state index is -0.365. The van der Waals surface area contributed by atoms with E-state index in [1.54, 1.807) is 12.1 Å². The molecule has 1 aromatic heterocycles. The minimum absolute atomic E-state index is 0.0557. The van der Waals surface area contributed by atoms with Crippen molar-refractivity contribution in [2.45, 2.75) is 47.0 Å². The molecule has 0 N–H and O–H groups in total. The lowest BCUT2D eigenvalue weighted by Crippen LogP contribution is -2.19. The van der Waals surface area contributed by atoms with E-state index in [4.69, 9.17) is 10.1 Å². The molecule has 0 amide bonds. The lowest BCUT2D eigenvalue weighted by Gasteiger charge is -2.21. The molecule has 0 saturated heterocycles. The standard InChI is InChI=1S/C29H28N4O2S/c1-18-14-20(3)24-11-7-13-27(25(24)15-18)31-32-28(22-9-6-10-23(16-22)33(34)35)17-36-29(32)30-26-12-5-8-19(2)21(26)4/h5-6,8-10,12,14-17H,7,11,13H2,1-4H3. The number of hydrogen-bond donors (Lipinski definition) is 0. The van der Waals surface area contributed by atoms with E-state index < -0.39 is 0 Å². The summed E-state index contributed by atoms with van der Waals surface area (Å²) in [5.74, 6) is 0. The molecule has 5 rings (SSSR count). The SMILES string of the molecule is Cc1cc(C)c2c(c1)C(=Nn1c(-c3cccc([N+](=O)[O-])c3)csc1=Nc1cccc(C)c1C)CCC2. The average molecular weight is 497 g/mol. The Morgan fingerprint density at radius 2 is 1.78 bits per heavy atom. The van der Waals surface area contributed by atoms with Gasteiger partial charge in [0.15, 0.2) is 0 Å². The molecule has 1 aliphatic rings. The van der Waals surface area contributed by atoms with Crippen molar-refractivity contribution in [1.29, 1.82) is 0 Å². The van der Waals surface area contributed by atoms with E-state index in [1.807, 2.05) is 28.3 Å². The van der Waals surface area contributed by atoms with Crippen LogP contribution in [0, 0.1) is 37.8 Å². The Kier molecular flexibility index (Phi) is 6.41. The molecule has 0 radical (unpaired) electrons. The molecular formula is C29H28N4O2S. The third-order valence-electron chi connectivity index (χ3n) is 6.82. The minimum Gasteiger partial charge on any atom is -0.258 e. The van der Waals surface area contributed by atoms with Crippen LogP contribution in [-0.2, 0) is 6.42 Å². The molecule has 0 fully saturated rings. The van der Waals surface area contributed by atoms with Crippen molar-refractivity contribution in [3.63, 3.8) is 0 Å². The fraction of sp³-hybridized carbons (Fsp3) is 0.241. The predicted molar refractivity (Wildman–Crippen MR) is 146 cm³/mol. The van der Waals surface area contributed by atoms with Crippen molar-refractivity contribution in [3.05, 3.63) is 108 Å². The highest BCUT2D eigenvalue weighted by atomic mass is 32.1. The van der Waals surface area contributed by atoms with Crippen molar-refractivity contribution in [2.24, 2.45) is 10.1 Å². The van der Waals surface area contributed by atoms with Gasteiger partial charge in [-0.15, -0.1) is 11.3 Å². The molecule has 4 aromatic rings. The molecule has 36 heavy (non-hydrogen) atoms. The third-order valence-corrected chi connectivity index (χ3v) is 7.64. The summed E-state index contributed by atoms with van der Waals surface area (Å²) in [5, 5.41) is 18.6. The van der Waals surface area contributed by atoms with Crippen LogP contribution < -0.4 is 4.80 Å². The van der Waals surface area contributed by atoms with Gasteiger partial charge in [-0.25, -0.2) is 9.67 Å². The monoisotopic (exact) mass is 496 g/mol. The zero-order chi connectivity index (χ0) is 25.4. The molecule has 7 heteroatoms. The van der Waals surface area contributed by atoms with Gasteiger partial charge >= 0.3 is 0 Å². The average Bonchev–Trinajstić information content (AvgIpc) is 3.24. The van der Waals surface area contributed by atoms with Crippen LogP contribution in [0.5, 0.6) is 0 Å². The Bertz CT molecular complexity index is 1590. The Morgan fingerprint density at radius 1 is 0.972 bits per heavy atom. The second kappa shape index (κ2) is 9.66. The summed E-state index contributed by atoms with van der Waals surface area (Å²) in [5.41, 5.74) is 10.9. The predicted octanol–water partition coefficient (Wildman–Crippen LogP) is 7.18. The number of rotatable bonds is 4. The Labute approximate surface area is 214 Å². The molecule has 0 atom stereocenters. The van der Waals surface area contributed by atoms with Crippen LogP contribution in [-0.4, -0.2) is 15.3 Å². The van der Waals surface area contributed by atoms with Crippen molar-refractivity contribution < 1.29 is 4.92 Å². The van der Waals surface area contributed by atoms with Gasteiger partial charge in [-0.3, -0.25) is 10.1 Å². The lowest BCUT2D eigenvalue weighted by molar-refractivity contribution is -0.384. The van der Waals surface area contributed by atoms with Crippen LogP contribution in [0.2, 0.25) is 0 Å². The van der Waals surface area contributed by atoms with Gasteiger partial charge < -0.3 is 0 Å². The maximum atomic E-state index is 11.5. The van der Waals surface area contributed by atoms with Crippen molar-refractivity contribution in [2.75, 3.05) is 0 Å². The lowest BCUT2D eigenvalue weighted by atomic mass is 9.86. The third kappa shape index (κ3) is 4.54.